The fourth-order valence-corrected chi connectivity index (χ4v) is 1.61. The van der Waals surface area contributed by atoms with Crippen LogP contribution in [0.25, 0.3) is 0 Å². The molecule has 4 heteroatoms. The van der Waals surface area contributed by atoms with Crippen molar-refractivity contribution in [1.29, 1.82) is 0 Å². The van der Waals surface area contributed by atoms with Gasteiger partial charge in [-0.1, -0.05) is 13.8 Å². The zero-order valence-electron chi connectivity index (χ0n) is 9.22. The van der Waals surface area contributed by atoms with E-state index in [9.17, 15) is 5.21 Å². The molecule has 1 saturated heterocycles. The molecule has 0 unspecified atom stereocenters. The third-order valence-electron chi connectivity index (χ3n) is 3.47. The summed E-state index contributed by atoms with van der Waals surface area (Å²) in [4.78, 5) is 0. The van der Waals surface area contributed by atoms with Crippen LogP contribution in [-0.4, -0.2) is 27.8 Å². The van der Waals surface area contributed by atoms with Gasteiger partial charge in [-0.2, -0.15) is 5.06 Å². The fraction of sp³-hybridized carbons (Fsp3) is 1.00. The van der Waals surface area contributed by atoms with E-state index >= 15 is 0 Å². The molecule has 13 heavy (non-hydrogen) atoms. The van der Waals surface area contributed by atoms with E-state index in [1.165, 1.54) is 11.5 Å². The summed E-state index contributed by atoms with van der Waals surface area (Å²) in [6.45, 7) is 9.46. The smallest absolute Gasteiger partial charge is 0.0455 e. The van der Waals surface area contributed by atoms with Crippen molar-refractivity contribution in [3.8, 4) is 0 Å². The van der Waals surface area contributed by atoms with Gasteiger partial charge in [0.2, 0.25) is 0 Å². The molecule has 82 valence electrons. The largest absolute Gasteiger partial charge is 0.412 e. The van der Waals surface area contributed by atoms with Gasteiger partial charge in [0.25, 0.3) is 0 Å². The van der Waals surface area contributed by atoms with Crippen LogP contribution in [0.5, 0.6) is 0 Å². The highest BCUT2D eigenvalue weighted by Crippen LogP contribution is 2.42. The highest BCUT2D eigenvalue weighted by molar-refractivity contribution is 4.95. The molecule has 0 radical (unpaired) electrons. The average Bonchev–Trinajstić information content (AvgIpc) is 1.84. The molecule has 0 aliphatic carbocycles. The molecule has 1 rings (SSSR count). The minimum Gasteiger partial charge on any atom is -0.412 e. The van der Waals surface area contributed by atoms with Gasteiger partial charge >= 0.3 is 0 Å². The van der Waals surface area contributed by atoms with Crippen LogP contribution in [0.3, 0.4) is 0 Å². The average molecular weight is 192 g/mol. The third kappa shape index (κ3) is 2.40. The number of nitrogens with zero attached hydrogens (tertiary/aromatic N) is 1. The lowest BCUT2D eigenvalue weighted by Gasteiger charge is -2.50. The molecule has 1 fully saturated rings. The maximum absolute atomic E-state index is 9.61. The molecule has 1 aliphatic heterocycles. The minimum atomic E-state index is -0.0781. The summed E-state index contributed by atoms with van der Waals surface area (Å²) < 4.78 is 0. The van der Waals surface area contributed by atoms with Crippen molar-refractivity contribution in [2.45, 2.75) is 46.1 Å². The van der Waals surface area contributed by atoms with Gasteiger partial charge in [0, 0.05) is 12.1 Å². The molecule has 6 N–H and O–H groups in total. The molecule has 0 amide bonds. The molecular formula is C9H24N2O2. The van der Waals surface area contributed by atoms with Crippen LogP contribution < -0.4 is 6.15 Å². The topological polar surface area (TPSA) is 90.0 Å². The first-order valence-electron chi connectivity index (χ1n) is 4.34. The first-order chi connectivity index (χ1) is 4.88. The Kier molecular flexibility index (Phi) is 5.15. The molecule has 0 aromatic heterocycles. The second-order valence-corrected chi connectivity index (χ2v) is 4.67. The van der Waals surface area contributed by atoms with E-state index in [2.05, 4.69) is 27.7 Å². The van der Waals surface area contributed by atoms with E-state index in [4.69, 9.17) is 0 Å². The fourth-order valence-electron chi connectivity index (χ4n) is 1.61. The maximum Gasteiger partial charge on any atom is 0.0455 e. The van der Waals surface area contributed by atoms with Crippen molar-refractivity contribution in [3.63, 3.8) is 0 Å². The Labute approximate surface area is 80.8 Å². The highest BCUT2D eigenvalue weighted by atomic mass is 16.5. The van der Waals surface area contributed by atoms with Gasteiger partial charge in [-0.25, -0.2) is 0 Å². The summed E-state index contributed by atoms with van der Waals surface area (Å²) in [6, 6.07) is 0. The second-order valence-electron chi connectivity index (χ2n) is 4.67. The van der Waals surface area contributed by atoms with Crippen molar-refractivity contribution in [2.24, 2.45) is 5.41 Å². The summed E-state index contributed by atoms with van der Waals surface area (Å²) in [5, 5.41) is 11.1. The van der Waals surface area contributed by atoms with E-state index in [0.29, 0.717) is 0 Å². The molecule has 0 spiro atoms. The molecule has 1 heterocycles. The normalized spacial score (nSPS) is 25.6. The number of rotatable bonds is 0. The van der Waals surface area contributed by atoms with Gasteiger partial charge in [-0.3, -0.25) is 0 Å². The van der Waals surface area contributed by atoms with E-state index in [-0.39, 0.29) is 22.6 Å². The quantitative estimate of drug-likeness (QED) is 0.611. The first-order valence-corrected chi connectivity index (χ1v) is 4.34. The lowest BCUT2D eigenvalue weighted by Crippen LogP contribution is -2.56. The van der Waals surface area contributed by atoms with Gasteiger partial charge in [-0.15, -0.1) is 0 Å². The van der Waals surface area contributed by atoms with Crippen molar-refractivity contribution in [1.82, 2.24) is 11.2 Å². The second kappa shape index (κ2) is 4.37. The van der Waals surface area contributed by atoms with E-state index < -0.39 is 0 Å². The van der Waals surface area contributed by atoms with E-state index in [0.717, 1.165) is 13.0 Å². The summed E-state index contributed by atoms with van der Waals surface area (Å²) in [5.41, 5.74) is 0.144. The summed E-state index contributed by atoms with van der Waals surface area (Å²) in [7, 11) is 0. The van der Waals surface area contributed by atoms with Crippen LogP contribution in [0.2, 0.25) is 0 Å². The molecule has 0 aromatic carbocycles. The molecule has 0 saturated carbocycles. The van der Waals surface area contributed by atoms with Crippen LogP contribution in [0.4, 0.5) is 0 Å². The summed E-state index contributed by atoms with van der Waals surface area (Å²) >= 11 is 0. The molecule has 1 aliphatic rings. The summed E-state index contributed by atoms with van der Waals surface area (Å²) in [6.07, 6.45) is 2.31. The Bertz CT molecular complexity index is 158. The Morgan fingerprint density at radius 3 is 1.92 bits per heavy atom. The molecule has 0 atom stereocenters. The van der Waals surface area contributed by atoms with Crippen molar-refractivity contribution < 1.29 is 10.7 Å². The number of hydroxylamine groups is 2. The predicted molar refractivity (Wildman–Crippen MR) is 54.2 cm³/mol. The maximum atomic E-state index is 9.61. The zero-order valence-corrected chi connectivity index (χ0v) is 9.22. The van der Waals surface area contributed by atoms with Gasteiger partial charge in [0.05, 0.1) is 0 Å². The third-order valence-corrected chi connectivity index (χ3v) is 3.47. The van der Waals surface area contributed by atoms with Crippen molar-refractivity contribution in [2.75, 3.05) is 6.54 Å². The van der Waals surface area contributed by atoms with E-state index in [1.807, 2.05) is 0 Å². The van der Waals surface area contributed by atoms with Crippen molar-refractivity contribution in [3.05, 3.63) is 0 Å². The Morgan fingerprint density at radius 1 is 1.15 bits per heavy atom. The standard InChI is InChI=1S/C9H19NO.H3N.H2O/c1-8(2)6-5-7-10(11)9(8,3)4;;/h11H,5-7H2,1-4H3;1H3;1H2. The van der Waals surface area contributed by atoms with Crippen LogP contribution in [0.1, 0.15) is 40.5 Å². The predicted octanol–water partition coefficient (Wildman–Crippen LogP) is 1.61. The SMILES string of the molecule is CC1(C)CCCN(O)C1(C)C.N.O. The monoisotopic (exact) mass is 192 g/mol. The Hall–Kier alpha value is -0.160. The van der Waals surface area contributed by atoms with Crippen LogP contribution >= 0.6 is 0 Å². The molecule has 4 nitrogen and oxygen atoms in total. The van der Waals surface area contributed by atoms with Gasteiger partial charge in [0.15, 0.2) is 0 Å². The highest BCUT2D eigenvalue weighted by Gasteiger charge is 2.43. The lowest BCUT2D eigenvalue weighted by atomic mass is 9.69. The van der Waals surface area contributed by atoms with Crippen LogP contribution in [-0.2, 0) is 0 Å². The summed E-state index contributed by atoms with van der Waals surface area (Å²) in [5.74, 6) is 0. The zero-order chi connectivity index (χ0) is 8.70. The Morgan fingerprint density at radius 2 is 1.62 bits per heavy atom. The molecule has 0 aromatic rings. The van der Waals surface area contributed by atoms with E-state index in [1.54, 1.807) is 0 Å². The van der Waals surface area contributed by atoms with Crippen LogP contribution in [0, 0.1) is 5.41 Å². The van der Waals surface area contributed by atoms with Crippen LogP contribution in [0.15, 0.2) is 0 Å². The number of hydrogen-bond acceptors (Lipinski definition) is 3. The molecule has 0 bridgehead atoms. The molecular weight excluding hydrogens is 168 g/mol. The number of piperidine rings is 1. The van der Waals surface area contributed by atoms with Gasteiger partial charge in [0.1, 0.15) is 0 Å². The number of hydrogen-bond donors (Lipinski definition) is 2. The minimum absolute atomic E-state index is 0. The first kappa shape index (κ1) is 15.3. The lowest BCUT2D eigenvalue weighted by molar-refractivity contribution is -0.218. The van der Waals surface area contributed by atoms with Crippen molar-refractivity contribution >= 4 is 0 Å². The van der Waals surface area contributed by atoms with Gasteiger partial charge in [-0.05, 0) is 32.1 Å². The van der Waals surface area contributed by atoms with Gasteiger partial charge < -0.3 is 16.8 Å². The Balaban J connectivity index is 0.